The van der Waals surface area contributed by atoms with Crippen molar-refractivity contribution in [2.24, 2.45) is 0 Å². The number of carboxylic acids is 1. The number of ether oxygens (including phenoxy) is 2. The van der Waals surface area contributed by atoms with Crippen molar-refractivity contribution in [2.75, 3.05) is 13.7 Å². The minimum atomic E-state index is -0.986. The molecule has 6 nitrogen and oxygen atoms in total. The smallest absolute Gasteiger partial charge is 0.303 e. The van der Waals surface area contributed by atoms with Crippen LogP contribution in [-0.4, -0.2) is 30.7 Å². The molecule has 1 aromatic carbocycles. The van der Waals surface area contributed by atoms with Crippen molar-refractivity contribution in [2.45, 2.75) is 39.2 Å². The molecule has 0 heterocycles. The molecule has 6 heteroatoms. The Morgan fingerprint density at radius 3 is 2.68 bits per heavy atom. The summed E-state index contributed by atoms with van der Waals surface area (Å²) >= 11 is 0. The quantitative estimate of drug-likeness (QED) is 0.648. The summed E-state index contributed by atoms with van der Waals surface area (Å²) in [5.74, 6) is -0.0461. The van der Waals surface area contributed by atoms with E-state index in [0.717, 1.165) is 18.4 Å². The molecule has 1 aromatic rings. The Bertz CT molecular complexity index is 501. The number of nitrogens with one attached hydrogen (secondary N) is 1. The fourth-order valence-electron chi connectivity index (χ4n) is 1.85. The minimum Gasteiger partial charge on any atom is -0.493 e. The third-order valence-corrected chi connectivity index (χ3v) is 3.07. The summed E-state index contributed by atoms with van der Waals surface area (Å²) in [6.45, 7) is 2.93. The van der Waals surface area contributed by atoms with E-state index < -0.39 is 5.97 Å². The zero-order valence-corrected chi connectivity index (χ0v) is 13.1. The molecule has 0 unspecified atom stereocenters. The van der Waals surface area contributed by atoms with E-state index in [4.69, 9.17) is 14.6 Å². The van der Waals surface area contributed by atoms with Gasteiger partial charge in [-0.15, -0.1) is 0 Å². The van der Waals surface area contributed by atoms with Crippen molar-refractivity contribution in [1.29, 1.82) is 0 Å². The molecule has 0 fully saturated rings. The van der Waals surface area contributed by atoms with E-state index in [9.17, 15) is 9.59 Å². The van der Waals surface area contributed by atoms with Gasteiger partial charge in [0.05, 0.1) is 20.1 Å². The molecule has 0 saturated carbocycles. The van der Waals surface area contributed by atoms with E-state index in [-0.39, 0.29) is 25.3 Å². The van der Waals surface area contributed by atoms with Gasteiger partial charge < -0.3 is 19.9 Å². The molecule has 0 aliphatic rings. The normalized spacial score (nSPS) is 10.1. The van der Waals surface area contributed by atoms with Gasteiger partial charge in [0.1, 0.15) is 0 Å². The monoisotopic (exact) mass is 309 g/mol. The number of para-hydroxylation sites is 1. The zero-order chi connectivity index (χ0) is 16.4. The van der Waals surface area contributed by atoms with Crippen molar-refractivity contribution in [3.63, 3.8) is 0 Å². The molecule has 122 valence electrons. The highest BCUT2D eigenvalue weighted by Gasteiger charge is 2.12. The molecular formula is C16H23NO5. The summed E-state index contributed by atoms with van der Waals surface area (Å²) in [6, 6.07) is 5.47. The molecule has 0 aliphatic heterocycles. The van der Waals surface area contributed by atoms with Gasteiger partial charge in [0.15, 0.2) is 11.5 Å². The summed E-state index contributed by atoms with van der Waals surface area (Å²) < 4.78 is 11.0. The van der Waals surface area contributed by atoms with Crippen LogP contribution in [0.3, 0.4) is 0 Å². The Morgan fingerprint density at radius 2 is 2.05 bits per heavy atom. The number of benzene rings is 1. The molecule has 0 atom stereocenters. The highest BCUT2D eigenvalue weighted by atomic mass is 16.5. The lowest BCUT2D eigenvalue weighted by Crippen LogP contribution is -2.23. The number of hydrogen-bond donors (Lipinski definition) is 2. The van der Waals surface area contributed by atoms with Crippen LogP contribution >= 0.6 is 0 Å². The van der Waals surface area contributed by atoms with E-state index in [1.807, 2.05) is 12.1 Å². The maximum absolute atomic E-state index is 11.6. The fraction of sp³-hybridized carbons (Fsp3) is 0.500. The number of hydrogen-bond acceptors (Lipinski definition) is 4. The lowest BCUT2D eigenvalue weighted by molar-refractivity contribution is -0.138. The van der Waals surface area contributed by atoms with Gasteiger partial charge in [0, 0.05) is 18.5 Å². The molecule has 2 N–H and O–H groups in total. The molecule has 1 rings (SSSR count). The number of aliphatic carboxylic acids is 1. The number of carbonyl (C=O) groups is 2. The van der Waals surface area contributed by atoms with Crippen LogP contribution in [0.1, 0.15) is 38.2 Å². The number of carbonyl (C=O) groups excluding carboxylic acids is 1. The van der Waals surface area contributed by atoms with Gasteiger partial charge in [0.2, 0.25) is 5.91 Å². The standard InChI is InChI=1S/C16H23NO5/c1-3-4-10-22-16-12(6-5-7-13(16)21-2)11-17-14(18)8-9-15(19)20/h5-7H,3-4,8-11H2,1-2H3,(H,17,18)(H,19,20). The average molecular weight is 309 g/mol. The third-order valence-electron chi connectivity index (χ3n) is 3.07. The van der Waals surface area contributed by atoms with Crippen molar-refractivity contribution >= 4 is 11.9 Å². The van der Waals surface area contributed by atoms with Crippen LogP contribution in [0, 0.1) is 0 Å². The van der Waals surface area contributed by atoms with Gasteiger partial charge in [-0.05, 0) is 12.5 Å². The Morgan fingerprint density at radius 1 is 1.27 bits per heavy atom. The summed E-state index contributed by atoms with van der Waals surface area (Å²) in [4.78, 5) is 22.0. The number of methoxy groups -OCH3 is 1. The van der Waals surface area contributed by atoms with Crippen molar-refractivity contribution in [1.82, 2.24) is 5.32 Å². The summed E-state index contributed by atoms with van der Waals surface area (Å²) in [6.07, 6.45) is 1.74. The van der Waals surface area contributed by atoms with Crippen molar-refractivity contribution < 1.29 is 24.2 Å². The third kappa shape index (κ3) is 6.03. The average Bonchev–Trinajstić information content (AvgIpc) is 2.51. The molecule has 1 amide bonds. The Labute approximate surface area is 130 Å². The Kier molecular flexibility index (Phi) is 7.81. The number of rotatable bonds is 10. The van der Waals surface area contributed by atoms with Crippen LogP contribution in [0.2, 0.25) is 0 Å². The van der Waals surface area contributed by atoms with Gasteiger partial charge >= 0.3 is 5.97 Å². The maximum Gasteiger partial charge on any atom is 0.303 e. The Balaban J connectivity index is 2.67. The highest BCUT2D eigenvalue weighted by molar-refractivity contribution is 5.80. The molecule has 0 aliphatic carbocycles. The number of unbranched alkanes of at least 4 members (excludes halogenated alkanes) is 1. The first-order chi connectivity index (χ1) is 10.6. The first kappa shape index (κ1) is 17.8. The second kappa shape index (κ2) is 9.65. The number of carboxylic acid groups (broad SMARTS) is 1. The van der Waals surface area contributed by atoms with Gasteiger partial charge in [-0.3, -0.25) is 9.59 Å². The predicted molar refractivity (Wildman–Crippen MR) is 82.1 cm³/mol. The molecule has 0 spiro atoms. The van der Waals surface area contributed by atoms with E-state index in [2.05, 4.69) is 12.2 Å². The van der Waals surface area contributed by atoms with E-state index in [1.54, 1.807) is 13.2 Å². The molecule has 22 heavy (non-hydrogen) atoms. The zero-order valence-electron chi connectivity index (χ0n) is 13.1. The molecule has 0 radical (unpaired) electrons. The lowest BCUT2D eigenvalue weighted by atomic mass is 10.1. The van der Waals surface area contributed by atoms with Crippen molar-refractivity contribution in [3.05, 3.63) is 23.8 Å². The van der Waals surface area contributed by atoms with Gasteiger partial charge in [0.25, 0.3) is 0 Å². The van der Waals surface area contributed by atoms with Crippen LogP contribution in [0.5, 0.6) is 11.5 Å². The largest absolute Gasteiger partial charge is 0.493 e. The van der Waals surface area contributed by atoms with Crippen LogP contribution in [0.15, 0.2) is 18.2 Å². The van der Waals surface area contributed by atoms with E-state index >= 15 is 0 Å². The minimum absolute atomic E-state index is 0.0364. The van der Waals surface area contributed by atoms with Gasteiger partial charge in [-0.2, -0.15) is 0 Å². The van der Waals surface area contributed by atoms with Crippen LogP contribution in [0.25, 0.3) is 0 Å². The first-order valence-electron chi connectivity index (χ1n) is 7.35. The summed E-state index contributed by atoms with van der Waals surface area (Å²) in [7, 11) is 1.57. The van der Waals surface area contributed by atoms with Crippen LogP contribution in [0.4, 0.5) is 0 Å². The topological polar surface area (TPSA) is 84.9 Å². The second-order valence-electron chi connectivity index (χ2n) is 4.82. The second-order valence-corrected chi connectivity index (χ2v) is 4.82. The van der Waals surface area contributed by atoms with Crippen molar-refractivity contribution in [3.8, 4) is 11.5 Å². The molecular weight excluding hydrogens is 286 g/mol. The maximum atomic E-state index is 11.6. The van der Waals surface area contributed by atoms with Crippen LogP contribution < -0.4 is 14.8 Å². The summed E-state index contributed by atoms with van der Waals surface area (Å²) in [5.41, 5.74) is 0.805. The number of amides is 1. The van der Waals surface area contributed by atoms with E-state index in [0.29, 0.717) is 18.1 Å². The first-order valence-corrected chi connectivity index (χ1v) is 7.35. The molecule has 0 saturated heterocycles. The SMILES string of the molecule is CCCCOc1c(CNC(=O)CCC(=O)O)cccc1OC. The highest BCUT2D eigenvalue weighted by Crippen LogP contribution is 2.31. The molecule has 0 bridgehead atoms. The predicted octanol–water partition coefficient (Wildman–Crippen LogP) is 2.36. The lowest BCUT2D eigenvalue weighted by Gasteiger charge is -2.15. The molecule has 0 aromatic heterocycles. The van der Waals surface area contributed by atoms with E-state index in [1.165, 1.54) is 0 Å². The van der Waals surface area contributed by atoms with Crippen LogP contribution in [-0.2, 0) is 16.1 Å². The summed E-state index contributed by atoms with van der Waals surface area (Å²) in [5, 5.41) is 11.3. The van der Waals surface area contributed by atoms with Gasteiger partial charge in [-0.25, -0.2) is 0 Å². The van der Waals surface area contributed by atoms with Gasteiger partial charge in [-0.1, -0.05) is 25.5 Å². The fourth-order valence-corrected chi connectivity index (χ4v) is 1.85. The Hall–Kier alpha value is -2.24.